The number of hydrogen-bond acceptors (Lipinski definition) is 1. The van der Waals surface area contributed by atoms with E-state index >= 15 is 0 Å². The molecule has 0 saturated carbocycles. The molecule has 0 N–H and O–H groups in total. The predicted octanol–water partition coefficient (Wildman–Crippen LogP) is 8.36. The standard InChI is InChI=1S/C34H30O/c1-25-31(33(26-15-7-3-8-16-26)27-17-9-4-10-18-27)23-30(35-2)24-32(25)34(28-19-11-5-12-20-28)29-21-13-6-14-22-29/h3-24,33-34H,1-2H3. The van der Waals surface area contributed by atoms with Gasteiger partial charge in [-0.25, -0.2) is 0 Å². The molecule has 0 bridgehead atoms. The molecular weight excluding hydrogens is 424 g/mol. The normalized spacial score (nSPS) is 11.1. The van der Waals surface area contributed by atoms with Crippen molar-refractivity contribution < 1.29 is 4.74 Å². The lowest BCUT2D eigenvalue weighted by Crippen LogP contribution is -2.11. The molecule has 0 amide bonds. The van der Waals surface area contributed by atoms with E-state index < -0.39 is 0 Å². The van der Waals surface area contributed by atoms with Crippen LogP contribution >= 0.6 is 0 Å². The van der Waals surface area contributed by atoms with Gasteiger partial charge in [-0.05, 0) is 58.0 Å². The zero-order chi connectivity index (χ0) is 24.0. The molecule has 0 aliphatic rings. The predicted molar refractivity (Wildman–Crippen MR) is 145 cm³/mol. The van der Waals surface area contributed by atoms with E-state index in [1.165, 1.54) is 38.9 Å². The Morgan fingerprint density at radius 3 is 1.00 bits per heavy atom. The Morgan fingerprint density at radius 1 is 0.457 bits per heavy atom. The molecule has 0 spiro atoms. The topological polar surface area (TPSA) is 9.23 Å². The fourth-order valence-electron chi connectivity index (χ4n) is 5.13. The van der Waals surface area contributed by atoms with E-state index in [9.17, 15) is 0 Å². The van der Waals surface area contributed by atoms with Gasteiger partial charge in [0, 0.05) is 11.8 Å². The van der Waals surface area contributed by atoms with Gasteiger partial charge >= 0.3 is 0 Å². The van der Waals surface area contributed by atoms with Crippen LogP contribution < -0.4 is 4.74 Å². The van der Waals surface area contributed by atoms with Crippen LogP contribution in [0.5, 0.6) is 5.75 Å². The van der Waals surface area contributed by atoms with Gasteiger partial charge in [0.05, 0.1) is 7.11 Å². The molecule has 0 atom stereocenters. The molecule has 1 heteroatoms. The minimum Gasteiger partial charge on any atom is -0.497 e. The summed E-state index contributed by atoms with van der Waals surface area (Å²) in [6.45, 7) is 2.27. The van der Waals surface area contributed by atoms with Crippen LogP contribution in [-0.4, -0.2) is 7.11 Å². The first-order valence-corrected chi connectivity index (χ1v) is 12.1. The minimum absolute atomic E-state index is 0.110. The Morgan fingerprint density at radius 2 is 0.743 bits per heavy atom. The zero-order valence-electron chi connectivity index (χ0n) is 20.3. The van der Waals surface area contributed by atoms with Gasteiger partial charge in [0.1, 0.15) is 5.75 Å². The molecular formula is C34H30O. The van der Waals surface area contributed by atoms with Crippen LogP contribution in [-0.2, 0) is 0 Å². The monoisotopic (exact) mass is 454 g/mol. The molecule has 0 aromatic heterocycles. The molecule has 172 valence electrons. The first kappa shape index (κ1) is 22.7. The maximum atomic E-state index is 5.89. The second-order valence-corrected chi connectivity index (χ2v) is 8.94. The SMILES string of the molecule is COc1cc(C(c2ccccc2)c2ccccc2)c(C)c(C(c2ccccc2)c2ccccc2)c1. The molecule has 5 aromatic rings. The summed E-state index contributed by atoms with van der Waals surface area (Å²) in [5.41, 5.74) is 8.94. The van der Waals surface area contributed by atoms with E-state index in [-0.39, 0.29) is 11.8 Å². The number of benzene rings is 5. The van der Waals surface area contributed by atoms with Gasteiger partial charge in [-0.1, -0.05) is 121 Å². The highest BCUT2D eigenvalue weighted by Crippen LogP contribution is 2.42. The first-order valence-electron chi connectivity index (χ1n) is 12.1. The average Bonchev–Trinajstić information content (AvgIpc) is 2.93. The third-order valence-corrected chi connectivity index (χ3v) is 6.85. The number of hydrogen-bond donors (Lipinski definition) is 0. The van der Waals surface area contributed by atoms with Gasteiger partial charge < -0.3 is 4.74 Å². The highest BCUT2D eigenvalue weighted by atomic mass is 16.5. The van der Waals surface area contributed by atoms with Crippen molar-refractivity contribution in [1.82, 2.24) is 0 Å². The summed E-state index contributed by atoms with van der Waals surface area (Å²) in [7, 11) is 1.76. The molecule has 0 radical (unpaired) electrons. The van der Waals surface area contributed by atoms with Gasteiger partial charge in [-0.3, -0.25) is 0 Å². The van der Waals surface area contributed by atoms with Crippen LogP contribution in [0.15, 0.2) is 133 Å². The van der Waals surface area contributed by atoms with Crippen LogP contribution in [0.1, 0.15) is 50.8 Å². The van der Waals surface area contributed by atoms with Crippen molar-refractivity contribution in [2.45, 2.75) is 18.8 Å². The van der Waals surface area contributed by atoms with Crippen molar-refractivity contribution >= 4 is 0 Å². The Hall–Kier alpha value is -4.10. The van der Waals surface area contributed by atoms with Crippen LogP contribution in [0.25, 0.3) is 0 Å². The van der Waals surface area contributed by atoms with E-state index in [4.69, 9.17) is 4.74 Å². The van der Waals surface area contributed by atoms with E-state index in [0.717, 1.165) is 5.75 Å². The average molecular weight is 455 g/mol. The highest BCUT2D eigenvalue weighted by Gasteiger charge is 2.25. The molecule has 0 fully saturated rings. The van der Waals surface area contributed by atoms with Crippen molar-refractivity contribution in [1.29, 1.82) is 0 Å². The summed E-state index contributed by atoms with van der Waals surface area (Å²) in [4.78, 5) is 0. The lowest BCUT2D eigenvalue weighted by atomic mass is 9.77. The Bertz CT molecular complexity index is 1180. The van der Waals surface area contributed by atoms with Gasteiger partial charge in [-0.2, -0.15) is 0 Å². The molecule has 0 saturated heterocycles. The van der Waals surface area contributed by atoms with Crippen LogP contribution in [0.3, 0.4) is 0 Å². The van der Waals surface area contributed by atoms with Gasteiger partial charge in [0.15, 0.2) is 0 Å². The largest absolute Gasteiger partial charge is 0.497 e. The van der Waals surface area contributed by atoms with Crippen LogP contribution in [0.4, 0.5) is 0 Å². The van der Waals surface area contributed by atoms with Crippen LogP contribution in [0.2, 0.25) is 0 Å². The van der Waals surface area contributed by atoms with Crippen molar-refractivity contribution in [2.24, 2.45) is 0 Å². The smallest absolute Gasteiger partial charge is 0.119 e. The molecule has 0 aliphatic heterocycles. The molecule has 5 rings (SSSR count). The fraction of sp³-hybridized carbons (Fsp3) is 0.118. The molecule has 0 aliphatic carbocycles. The molecule has 0 unspecified atom stereocenters. The molecule has 35 heavy (non-hydrogen) atoms. The summed E-state index contributed by atoms with van der Waals surface area (Å²) in [5, 5.41) is 0. The number of rotatable bonds is 7. The maximum Gasteiger partial charge on any atom is 0.119 e. The lowest BCUT2D eigenvalue weighted by Gasteiger charge is -2.27. The molecule has 1 nitrogen and oxygen atoms in total. The van der Waals surface area contributed by atoms with Crippen molar-refractivity contribution in [3.63, 3.8) is 0 Å². The number of ether oxygens (including phenoxy) is 1. The molecule has 0 heterocycles. The second-order valence-electron chi connectivity index (χ2n) is 8.94. The third kappa shape index (κ3) is 4.76. The minimum atomic E-state index is 0.110. The highest BCUT2D eigenvalue weighted by molar-refractivity contribution is 5.56. The Balaban J connectivity index is 1.77. The lowest BCUT2D eigenvalue weighted by molar-refractivity contribution is 0.413. The quantitative estimate of drug-likeness (QED) is 0.224. The Kier molecular flexibility index (Phi) is 6.77. The maximum absolute atomic E-state index is 5.89. The fourth-order valence-corrected chi connectivity index (χ4v) is 5.13. The Labute approximate surface area is 208 Å². The van der Waals surface area contributed by atoms with E-state index in [1.807, 2.05) is 0 Å². The summed E-state index contributed by atoms with van der Waals surface area (Å²) in [6, 6.07) is 47.5. The zero-order valence-corrected chi connectivity index (χ0v) is 20.3. The van der Waals surface area contributed by atoms with Gasteiger partial charge in [0.25, 0.3) is 0 Å². The van der Waals surface area contributed by atoms with Crippen molar-refractivity contribution in [3.8, 4) is 5.75 Å². The summed E-state index contributed by atoms with van der Waals surface area (Å²) < 4.78 is 5.89. The summed E-state index contributed by atoms with van der Waals surface area (Å²) in [5.74, 6) is 1.10. The van der Waals surface area contributed by atoms with E-state index in [0.29, 0.717) is 0 Å². The van der Waals surface area contributed by atoms with Crippen molar-refractivity contribution in [2.75, 3.05) is 7.11 Å². The third-order valence-electron chi connectivity index (χ3n) is 6.85. The van der Waals surface area contributed by atoms with Gasteiger partial charge in [-0.15, -0.1) is 0 Å². The number of methoxy groups -OCH3 is 1. The van der Waals surface area contributed by atoms with Crippen LogP contribution in [0, 0.1) is 6.92 Å². The first-order chi connectivity index (χ1) is 17.3. The molecule has 5 aromatic carbocycles. The second kappa shape index (κ2) is 10.4. The van der Waals surface area contributed by atoms with Gasteiger partial charge in [0.2, 0.25) is 0 Å². The van der Waals surface area contributed by atoms with E-state index in [1.54, 1.807) is 7.11 Å². The van der Waals surface area contributed by atoms with Crippen molar-refractivity contribution in [3.05, 3.63) is 172 Å². The summed E-state index contributed by atoms with van der Waals surface area (Å²) in [6.07, 6.45) is 0. The summed E-state index contributed by atoms with van der Waals surface area (Å²) >= 11 is 0. The van der Waals surface area contributed by atoms with E-state index in [2.05, 4.69) is 140 Å².